The van der Waals surface area contributed by atoms with Crippen molar-refractivity contribution in [2.45, 2.75) is 31.5 Å². The smallest absolute Gasteiger partial charge is 0.353 e. The molecule has 1 aliphatic heterocycles. The number of ether oxygens (including phenoxy) is 5. The molecule has 11 heteroatoms. The molecule has 1 saturated heterocycles. The summed E-state index contributed by atoms with van der Waals surface area (Å²) in [6.45, 7) is 1.66. The number of esters is 3. The lowest BCUT2D eigenvalue weighted by Crippen LogP contribution is -2.42. The summed E-state index contributed by atoms with van der Waals surface area (Å²) in [5.41, 5.74) is 0.00478. The number of benzene rings is 3. The van der Waals surface area contributed by atoms with Gasteiger partial charge in [-0.1, -0.05) is 54.6 Å². The Hall–Kier alpha value is -5.29. The Balaban J connectivity index is 1.50. The summed E-state index contributed by atoms with van der Waals surface area (Å²) < 4.78 is 29.8. The summed E-state index contributed by atoms with van der Waals surface area (Å²) >= 11 is 0. The van der Waals surface area contributed by atoms with E-state index < -0.39 is 48.1 Å². The Morgan fingerprint density at radius 3 is 1.77 bits per heavy atom. The fourth-order valence-corrected chi connectivity index (χ4v) is 4.50. The van der Waals surface area contributed by atoms with Crippen LogP contribution in [0.3, 0.4) is 0 Å². The van der Waals surface area contributed by atoms with Gasteiger partial charge in [0.05, 0.1) is 23.3 Å². The van der Waals surface area contributed by atoms with Gasteiger partial charge in [0, 0.05) is 12.3 Å². The zero-order valence-corrected chi connectivity index (χ0v) is 23.1. The maximum absolute atomic E-state index is 13.2. The van der Waals surface area contributed by atoms with Crippen molar-refractivity contribution >= 4 is 17.9 Å². The standard InChI is InChI=1S/C32H28N2O9/c1-2-39-25-18-19-34(32(38)33-25)28-27(43-31(37)23-16-10-5-11-17-23)26(42-30(36)22-14-8-4-9-15-22)24(41-28)20-40-29(35)21-12-6-3-7-13-21/h3-19,24,26-28H,2,20H2,1H3/t24-,26+,27-,28-/m1/s1. The predicted octanol–water partition coefficient (Wildman–Crippen LogP) is 3.85. The summed E-state index contributed by atoms with van der Waals surface area (Å²) in [6, 6.07) is 26.2. The molecule has 43 heavy (non-hydrogen) atoms. The first kappa shape index (κ1) is 29.2. The number of hydrogen-bond acceptors (Lipinski definition) is 10. The monoisotopic (exact) mass is 584 g/mol. The van der Waals surface area contributed by atoms with E-state index in [-0.39, 0.29) is 23.6 Å². The molecule has 3 aromatic carbocycles. The number of nitrogens with zero attached hydrogens (tertiary/aromatic N) is 2. The quantitative estimate of drug-likeness (QED) is 0.200. The zero-order valence-electron chi connectivity index (χ0n) is 23.1. The lowest BCUT2D eigenvalue weighted by molar-refractivity contribution is -0.0640. The zero-order chi connectivity index (χ0) is 30.2. The lowest BCUT2D eigenvalue weighted by atomic mass is 10.1. The van der Waals surface area contributed by atoms with E-state index in [0.29, 0.717) is 12.2 Å². The molecule has 1 fully saturated rings. The molecule has 2 heterocycles. The van der Waals surface area contributed by atoms with Crippen LogP contribution in [0.5, 0.6) is 5.88 Å². The minimum atomic E-state index is -1.33. The van der Waals surface area contributed by atoms with Gasteiger partial charge in [-0.25, -0.2) is 19.2 Å². The Morgan fingerprint density at radius 2 is 1.26 bits per heavy atom. The van der Waals surface area contributed by atoms with Crippen LogP contribution in [0.15, 0.2) is 108 Å². The van der Waals surface area contributed by atoms with E-state index in [1.54, 1.807) is 97.9 Å². The van der Waals surface area contributed by atoms with Gasteiger partial charge in [0.25, 0.3) is 0 Å². The number of rotatable bonds is 10. The van der Waals surface area contributed by atoms with Gasteiger partial charge < -0.3 is 23.7 Å². The van der Waals surface area contributed by atoms with Crippen molar-refractivity contribution in [3.8, 4) is 5.88 Å². The maximum Gasteiger partial charge on any atom is 0.353 e. The molecule has 1 aliphatic rings. The predicted molar refractivity (Wildman–Crippen MR) is 152 cm³/mol. The highest BCUT2D eigenvalue weighted by atomic mass is 16.7. The van der Waals surface area contributed by atoms with Crippen LogP contribution >= 0.6 is 0 Å². The van der Waals surface area contributed by atoms with Crippen LogP contribution < -0.4 is 10.4 Å². The van der Waals surface area contributed by atoms with Crippen LogP contribution in [0.2, 0.25) is 0 Å². The molecule has 5 rings (SSSR count). The number of carbonyl (C=O) groups is 3. The molecule has 0 radical (unpaired) electrons. The Bertz CT molecular complexity index is 1610. The second-order valence-electron chi connectivity index (χ2n) is 9.39. The van der Waals surface area contributed by atoms with E-state index in [1.807, 2.05) is 0 Å². The summed E-state index contributed by atoms with van der Waals surface area (Å²) in [7, 11) is 0. The van der Waals surface area contributed by atoms with Gasteiger partial charge >= 0.3 is 23.6 Å². The molecule has 0 spiro atoms. The highest BCUT2D eigenvalue weighted by Gasteiger charge is 2.51. The molecular weight excluding hydrogens is 556 g/mol. The largest absolute Gasteiger partial charge is 0.478 e. The van der Waals surface area contributed by atoms with Crippen LogP contribution in [0, 0.1) is 0 Å². The summed E-state index contributed by atoms with van der Waals surface area (Å²) in [6.07, 6.45) is -3.66. The van der Waals surface area contributed by atoms with Gasteiger partial charge in [-0.15, -0.1) is 0 Å². The van der Waals surface area contributed by atoms with E-state index in [2.05, 4.69) is 4.98 Å². The average molecular weight is 585 g/mol. The van der Waals surface area contributed by atoms with Crippen molar-refractivity contribution in [3.63, 3.8) is 0 Å². The minimum Gasteiger partial charge on any atom is -0.478 e. The molecule has 4 aromatic rings. The summed E-state index contributed by atoms with van der Waals surface area (Å²) in [5, 5.41) is 0. The second kappa shape index (κ2) is 13.6. The molecule has 4 atom stereocenters. The molecule has 0 N–H and O–H groups in total. The van der Waals surface area contributed by atoms with Crippen LogP contribution in [0.4, 0.5) is 0 Å². The van der Waals surface area contributed by atoms with E-state index >= 15 is 0 Å². The van der Waals surface area contributed by atoms with E-state index in [4.69, 9.17) is 23.7 Å². The van der Waals surface area contributed by atoms with E-state index in [9.17, 15) is 19.2 Å². The van der Waals surface area contributed by atoms with Crippen LogP contribution in [0.1, 0.15) is 44.2 Å². The first-order valence-corrected chi connectivity index (χ1v) is 13.6. The molecule has 0 saturated carbocycles. The van der Waals surface area contributed by atoms with Gasteiger partial charge in [-0.2, -0.15) is 4.98 Å². The van der Waals surface area contributed by atoms with Crippen molar-refractivity contribution in [1.29, 1.82) is 0 Å². The van der Waals surface area contributed by atoms with Crippen molar-refractivity contribution in [3.05, 3.63) is 130 Å². The molecule has 0 aliphatic carbocycles. The molecular formula is C32H28N2O9. The number of carbonyl (C=O) groups excluding carboxylic acids is 3. The van der Waals surface area contributed by atoms with E-state index in [0.717, 1.165) is 4.57 Å². The minimum absolute atomic E-state index is 0.0972. The molecule has 0 amide bonds. The number of hydrogen-bond donors (Lipinski definition) is 0. The van der Waals surface area contributed by atoms with Gasteiger partial charge in [-0.05, 0) is 43.3 Å². The fourth-order valence-electron chi connectivity index (χ4n) is 4.50. The summed E-state index contributed by atoms with van der Waals surface area (Å²) in [5.74, 6) is -2.01. The topological polar surface area (TPSA) is 132 Å². The SMILES string of the molecule is CCOc1ccn([C@@H]2O[C@H](COC(=O)c3ccccc3)[C@H](OC(=O)c3ccccc3)[C@H]2OC(=O)c2ccccc2)c(=O)n1. The highest BCUT2D eigenvalue weighted by molar-refractivity contribution is 5.91. The van der Waals surface area contributed by atoms with Crippen molar-refractivity contribution in [2.75, 3.05) is 13.2 Å². The highest BCUT2D eigenvalue weighted by Crippen LogP contribution is 2.35. The van der Waals surface area contributed by atoms with Crippen LogP contribution in [0.25, 0.3) is 0 Å². The van der Waals surface area contributed by atoms with Gasteiger partial charge in [0.15, 0.2) is 18.4 Å². The van der Waals surface area contributed by atoms with Crippen molar-refractivity contribution in [2.24, 2.45) is 0 Å². The molecule has 0 bridgehead atoms. The number of aromatic nitrogens is 2. The Kier molecular flexibility index (Phi) is 9.23. The van der Waals surface area contributed by atoms with Gasteiger partial charge in [0.2, 0.25) is 5.88 Å². The Labute approximate surface area is 246 Å². The average Bonchev–Trinajstić information content (AvgIpc) is 3.37. The van der Waals surface area contributed by atoms with Crippen LogP contribution in [-0.2, 0) is 18.9 Å². The first-order valence-electron chi connectivity index (χ1n) is 13.6. The summed E-state index contributed by atoms with van der Waals surface area (Å²) in [4.78, 5) is 56.2. The van der Waals surface area contributed by atoms with E-state index in [1.165, 1.54) is 12.3 Å². The van der Waals surface area contributed by atoms with Crippen LogP contribution in [-0.4, -0.2) is 59.0 Å². The first-order chi connectivity index (χ1) is 20.9. The second-order valence-corrected chi connectivity index (χ2v) is 9.39. The molecule has 0 unspecified atom stereocenters. The third-order valence-corrected chi connectivity index (χ3v) is 6.55. The fraction of sp³-hybridized carbons (Fsp3) is 0.219. The lowest BCUT2D eigenvalue weighted by Gasteiger charge is -2.25. The van der Waals surface area contributed by atoms with Crippen molar-refractivity contribution < 1.29 is 38.1 Å². The van der Waals surface area contributed by atoms with Gasteiger partial charge in [-0.3, -0.25) is 4.57 Å². The maximum atomic E-state index is 13.2. The molecule has 220 valence electrons. The third-order valence-electron chi connectivity index (χ3n) is 6.55. The Morgan fingerprint density at radius 1 is 0.744 bits per heavy atom. The van der Waals surface area contributed by atoms with Gasteiger partial charge in [0.1, 0.15) is 12.7 Å². The molecule has 11 nitrogen and oxygen atoms in total. The third kappa shape index (κ3) is 6.96. The molecule has 1 aromatic heterocycles. The normalized spacial score (nSPS) is 19.3. The van der Waals surface area contributed by atoms with Crippen molar-refractivity contribution in [1.82, 2.24) is 9.55 Å².